The van der Waals surface area contributed by atoms with Crippen LogP contribution in [0, 0.1) is 0 Å². The van der Waals surface area contributed by atoms with E-state index < -0.39 is 14.6 Å². The minimum Gasteiger partial charge on any atom is -0.256 e. The lowest BCUT2D eigenvalue weighted by Crippen LogP contribution is -2.27. The average Bonchev–Trinajstić information content (AvgIpc) is 2.32. The first-order chi connectivity index (χ1) is 8.64. The van der Waals surface area contributed by atoms with Crippen LogP contribution in [0.15, 0.2) is 35.3 Å². The Bertz CT molecular complexity index is 751. The third-order valence-corrected chi connectivity index (χ3v) is 5.52. The van der Waals surface area contributed by atoms with Crippen LogP contribution in [-0.4, -0.2) is 18.1 Å². The van der Waals surface area contributed by atoms with Gasteiger partial charge in [0.05, 0.1) is 21.6 Å². The molecule has 96 valence electrons. The van der Waals surface area contributed by atoms with Crippen molar-refractivity contribution in [2.75, 3.05) is 0 Å². The molecule has 0 N–H and O–H groups in total. The molecule has 0 spiro atoms. The minimum absolute atomic E-state index is 0.0828. The second kappa shape index (κ2) is 4.21. The number of nitrogens with zero attached hydrogens (tertiary/aromatic N) is 1. The zero-order valence-corrected chi connectivity index (χ0v) is 11.9. The molecule has 0 bridgehead atoms. The molecule has 3 nitrogen and oxygen atoms in total. The Hall–Kier alpha value is -1.13. The minimum atomic E-state index is -3.45. The van der Waals surface area contributed by atoms with Gasteiger partial charge in [0.2, 0.25) is 0 Å². The molecule has 18 heavy (non-hydrogen) atoms. The Morgan fingerprint density at radius 2 is 2.00 bits per heavy atom. The molecule has 0 aliphatic carbocycles. The van der Waals surface area contributed by atoms with Crippen LogP contribution in [0.2, 0.25) is 5.02 Å². The van der Waals surface area contributed by atoms with Crippen molar-refractivity contribution in [2.24, 2.45) is 0 Å². The van der Waals surface area contributed by atoms with Gasteiger partial charge in [0, 0.05) is 11.6 Å². The molecule has 0 aliphatic rings. The van der Waals surface area contributed by atoms with Crippen molar-refractivity contribution in [1.82, 2.24) is 4.98 Å². The van der Waals surface area contributed by atoms with Gasteiger partial charge in [0.1, 0.15) is 0 Å². The van der Waals surface area contributed by atoms with Gasteiger partial charge in [0.25, 0.3) is 0 Å². The first kappa shape index (κ1) is 11.9. The molecule has 5 heteroatoms. The first-order valence-corrected chi connectivity index (χ1v) is 7.30. The number of halogens is 1. The number of aromatic nitrogens is 1. The lowest BCUT2D eigenvalue weighted by Gasteiger charge is -2.19. The molecule has 1 aromatic heterocycles. The standard InChI is InChI=1S/C13H14ClNO2S/c1-13(2,3)18(16,17)9-4-5-12-10(8-9)11(14)6-7-15-12/h4-8H,1-3H3/i6D. The van der Waals surface area contributed by atoms with Crippen LogP contribution in [-0.2, 0) is 9.84 Å². The van der Waals surface area contributed by atoms with E-state index in [1.807, 2.05) is 0 Å². The van der Waals surface area contributed by atoms with Crippen molar-refractivity contribution in [3.05, 3.63) is 35.5 Å². The van der Waals surface area contributed by atoms with Gasteiger partial charge in [-0.25, -0.2) is 8.42 Å². The fourth-order valence-electron chi connectivity index (χ4n) is 1.56. The smallest absolute Gasteiger partial charge is 0.183 e. The van der Waals surface area contributed by atoms with E-state index in [4.69, 9.17) is 13.0 Å². The molecule has 0 unspecified atom stereocenters. The van der Waals surface area contributed by atoms with Crippen LogP contribution in [0.4, 0.5) is 0 Å². The molecule has 1 heterocycles. The number of sulfone groups is 1. The second-order valence-corrected chi connectivity index (χ2v) is 8.09. The highest BCUT2D eigenvalue weighted by Gasteiger charge is 2.31. The molecule has 0 radical (unpaired) electrons. The van der Waals surface area contributed by atoms with E-state index in [0.29, 0.717) is 10.9 Å². The van der Waals surface area contributed by atoms with Gasteiger partial charge in [-0.15, -0.1) is 0 Å². The average molecular weight is 285 g/mol. The molecule has 1 aromatic carbocycles. The molecular formula is C13H14ClNO2S. The van der Waals surface area contributed by atoms with Gasteiger partial charge < -0.3 is 0 Å². The Labute approximate surface area is 113 Å². The Morgan fingerprint density at radius 3 is 2.61 bits per heavy atom. The van der Waals surface area contributed by atoms with Crippen molar-refractivity contribution in [2.45, 2.75) is 30.4 Å². The number of fused-ring (bicyclic) bond motifs is 1. The molecule has 0 atom stereocenters. The summed E-state index contributed by atoms with van der Waals surface area (Å²) in [6, 6.07) is 4.71. The zero-order valence-electron chi connectivity index (χ0n) is 11.4. The fraction of sp³-hybridized carbons (Fsp3) is 0.308. The van der Waals surface area contributed by atoms with Gasteiger partial charge in [0.15, 0.2) is 9.84 Å². The lowest BCUT2D eigenvalue weighted by molar-refractivity contribution is 0.560. The van der Waals surface area contributed by atoms with Crippen molar-refractivity contribution < 1.29 is 9.79 Å². The van der Waals surface area contributed by atoms with Gasteiger partial charge in [-0.05, 0) is 45.0 Å². The summed E-state index contributed by atoms with van der Waals surface area (Å²) in [4.78, 5) is 4.26. The topological polar surface area (TPSA) is 47.0 Å². The van der Waals surface area contributed by atoms with E-state index in [-0.39, 0.29) is 16.0 Å². The number of benzene rings is 1. The maximum atomic E-state index is 12.4. The van der Waals surface area contributed by atoms with Gasteiger partial charge in [-0.2, -0.15) is 0 Å². The maximum absolute atomic E-state index is 12.4. The summed E-state index contributed by atoms with van der Waals surface area (Å²) in [5.41, 5.74) is 0.578. The zero-order chi connectivity index (χ0) is 14.4. The summed E-state index contributed by atoms with van der Waals surface area (Å²) in [7, 11) is -3.45. The third kappa shape index (κ3) is 2.10. The van der Waals surface area contributed by atoms with Gasteiger partial charge in [-0.3, -0.25) is 4.98 Å². The first-order valence-electron chi connectivity index (χ1n) is 5.94. The molecule has 0 saturated heterocycles. The van der Waals surface area contributed by atoms with E-state index in [0.717, 1.165) is 0 Å². The van der Waals surface area contributed by atoms with Crippen molar-refractivity contribution in [3.8, 4) is 0 Å². The maximum Gasteiger partial charge on any atom is 0.183 e. The van der Waals surface area contributed by atoms with E-state index in [2.05, 4.69) is 4.98 Å². The Balaban J connectivity index is 2.76. The quantitative estimate of drug-likeness (QED) is 0.806. The van der Waals surface area contributed by atoms with Crippen LogP contribution in [0.1, 0.15) is 22.1 Å². The van der Waals surface area contributed by atoms with Gasteiger partial charge in [-0.1, -0.05) is 11.6 Å². The molecular weight excluding hydrogens is 270 g/mol. The highest BCUT2D eigenvalue weighted by atomic mass is 35.5. The van der Waals surface area contributed by atoms with Crippen molar-refractivity contribution in [1.29, 1.82) is 0 Å². The van der Waals surface area contributed by atoms with E-state index in [9.17, 15) is 8.42 Å². The fourth-order valence-corrected chi connectivity index (χ4v) is 2.99. The number of pyridine rings is 1. The molecule has 2 rings (SSSR count). The number of hydrogen-bond donors (Lipinski definition) is 0. The van der Waals surface area contributed by atoms with Crippen molar-refractivity contribution >= 4 is 32.3 Å². The molecule has 0 amide bonds. The normalized spacial score (nSPS) is 13.7. The summed E-state index contributed by atoms with van der Waals surface area (Å²) >= 11 is 6.04. The predicted octanol–water partition coefficient (Wildman–Crippen LogP) is 3.46. The lowest BCUT2D eigenvalue weighted by atomic mass is 10.2. The third-order valence-electron chi connectivity index (χ3n) is 2.72. The number of rotatable bonds is 1. The van der Waals surface area contributed by atoms with Crippen LogP contribution < -0.4 is 0 Å². The largest absolute Gasteiger partial charge is 0.256 e. The molecule has 0 fully saturated rings. The highest BCUT2D eigenvalue weighted by molar-refractivity contribution is 7.92. The van der Waals surface area contributed by atoms with E-state index in [1.165, 1.54) is 18.3 Å². The molecule has 2 aromatic rings. The monoisotopic (exact) mass is 284 g/mol. The van der Waals surface area contributed by atoms with E-state index in [1.54, 1.807) is 26.8 Å². The highest BCUT2D eigenvalue weighted by Crippen LogP contribution is 2.29. The Morgan fingerprint density at radius 1 is 1.33 bits per heavy atom. The van der Waals surface area contributed by atoms with E-state index >= 15 is 0 Å². The van der Waals surface area contributed by atoms with Crippen molar-refractivity contribution in [3.63, 3.8) is 0 Å². The molecule has 0 saturated carbocycles. The van der Waals surface area contributed by atoms with Crippen LogP contribution in [0.3, 0.4) is 0 Å². The van der Waals surface area contributed by atoms with Crippen LogP contribution >= 0.6 is 11.6 Å². The van der Waals surface area contributed by atoms with Crippen LogP contribution in [0.5, 0.6) is 0 Å². The predicted molar refractivity (Wildman–Crippen MR) is 73.7 cm³/mol. The summed E-state index contributed by atoms with van der Waals surface area (Å²) in [6.45, 7) is 4.94. The molecule has 0 aliphatic heterocycles. The number of hydrogen-bond acceptors (Lipinski definition) is 3. The Kier molecular flexibility index (Phi) is 2.79. The second-order valence-electron chi connectivity index (χ2n) is 5.01. The SMILES string of the molecule is [2H]c1cnc2ccc(S(=O)(=O)C(C)(C)C)cc2c1Cl. The van der Waals surface area contributed by atoms with Crippen LogP contribution in [0.25, 0.3) is 10.9 Å². The summed E-state index contributed by atoms with van der Waals surface area (Å²) in [5.74, 6) is 0. The summed E-state index contributed by atoms with van der Waals surface area (Å²) < 4.78 is 31.5. The summed E-state index contributed by atoms with van der Waals surface area (Å²) in [6.07, 6.45) is 1.35. The van der Waals surface area contributed by atoms with Gasteiger partial charge >= 0.3 is 0 Å². The summed E-state index contributed by atoms with van der Waals surface area (Å²) in [5, 5.41) is 0.704.